The largest absolute Gasteiger partial charge is 0.370 e. The number of hydrogen-bond donors (Lipinski definition) is 1. The fourth-order valence-corrected chi connectivity index (χ4v) is 2.16. The van der Waals surface area contributed by atoms with Gasteiger partial charge in [0.1, 0.15) is 6.61 Å². The van der Waals surface area contributed by atoms with Crippen molar-refractivity contribution in [2.75, 3.05) is 19.7 Å². The number of carbonyl (C=O) groups excluding carboxylic acids is 1. The second-order valence-corrected chi connectivity index (χ2v) is 4.75. The van der Waals surface area contributed by atoms with E-state index >= 15 is 0 Å². The van der Waals surface area contributed by atoms with E-state index in [2.05, 4.69) is 10.4 Å². The second kappa shape index (κ2) is 6.66. The number of hydrogen-bond acceptors (Lipinski definition) is 4. The van der Waals surface area contributed by atoms with Crippen LogP contribution in [0.15, 0.2) is 12.3 Å². The molecule has 0 radical (unpaired) electrons. The van der Waals surface area contributed by atoms with Gasteiger partial charge in [0, 0.05) is 25.4 Å². The van der Waals surface area contributed by atoms with Crippen molar-refractivity contribution in [3.63, 3.8) is 0 Å². The van der Waals surface area contributed by atoms with Crippen molar-refractivity contribution < 1.29 is 9.53 Å². The highest BCUT2D eigenvalue weighted by Gasteiger charge is 2.14. The van der Waals surface area contributed by atoms with Crippen LogP contribution in [0.5, 0.6) is 0 Å². The maximum atomic E-state index is 11.7. The molecule has 1 saturated heterocycles. The topological polar surface area (TPSA) is 56.2 Å². The van der Waals surface area contributed by atoms with Crippen molar-refractivity contribution in [1.29, 1.82) is 0 Å². The number of rotatable bonds is 6. The molecule has 1 aromatic heterocycles. The number of carbonyl (C=O) groups is 1. The molecule has 0 amide bonds. The van der Waals surface area contributed by atoms with Gasteiger partial charge in [0.05, 0.1) is 6.10 Å². The molecule has 2 rings (SSSR count). The van der Waals surface area contributed by atoms with E-state index in [-0.39, 0.29) is 18.5 Å². The third kappa shape index (κ3) is 3.92. The molecule has 5 nitrogen and oxygen atoms in total. The minimum absolute atomic E-state index is 0.176. The van der Waals surface area contributed by atoms with Crippen molar-refractivity contribution in [1.82, 2.24) is 15.1 Å². The summed E-state index contributed by atoms with van der Waals surface area (Å²) in [5, 5.41) is 7.36. The first-order chi connectivity index (χ1) is 8.75. The summed E-state index contributed by atoms with van der Waals surface area (Å²) in [7, 11) is 1.89. The highest BCUT2D eigenvalue weighted by molar-refractivity contribution is 5.79. The summed E-state index contributed by atoms with van der Waals surface area (Å²) in [5.74, 6) is 0.176. The van der Waals surface area contributed by atoms with Gasteiger partial charge in [-0.1, -0.05) is 0 Å². The number of nitrogens with zero attached hydrogens (tertiary/aromatic N) is 2. The summed E-state index contributed by atoms with van der Waals surface area (Å²) < 4.78 is 7.44. The van der Waals surface area contributed by atoms with Gasteiger partial charge in [-0.2, -0.15) is 5.10 Å². The smallest absolute Gasteiger partial charge is 0.158 e. The molecule has 1 N–H and O–H groups in total. The predicted octanol–water partition coefficient (Wildman–Crippen LogP) is 0.690. The third-order valence-corrected chi connectivity index (χ3v) is 3.35. The zero-order chi connectivity index (χ0) is 12.8. The standard InChI is InChI=1S/C13H21N3O2/c1-16-11(4-9-15-16)2-3-12(17)10-18-13-5-7-14-8-6-13/h4,9,13-14H,2-3,5-8,10H2,1H3. The number of ketones is 1. The Kier molecular flexibility index (Phi) is 4.90. The summed E-state index contributed by atoms with van der Waals surface area (Å²) >= 11 is 0. The SMILES string of the molecule is Cn1nccc1CCC(=O)COC1CCNCC1. The highest BCUT2D eigenvalue weighted by Crippen LogP contribution is 2.08. The molecule has 1 aromatic rings. The van der Waals surface area contributed by atoms with Gasteiger partial charge < -0.3 is 10.1 Å². The van der Waals surface area contributed by atoms with Crippen molar-refractivity contribution in [2.45, 2.75) is 31.8 Å². The molecule has 0 bridgehead atoms. The zero-order valence-corrected chi connectivity index (χ0v) is 10.9. The van der Waals surface area contributed by atoms with E-state index in [0.29, 0.717) is 6.42 Å². The van der Waals surface area contributed by atoms with Crippen molar-refractivity contribution in [2.24, 2.45) is 7.05 Å². The fraction of sp³-hybridized carbons (Fsp3) is 0.692. The van der Waals surface area contributed by atoms with Crippen LogP contribution in [-0.4, -0.2) is 41.4 Å². The first-order valence-electron chi connectivity index (χ1n) is 6.56. The molecular weight excluding hydrogens is 230 g/mol. The molecule has 18 heavy (non-hydrogen) atoms. The van der Waals surface area contributed by atoms with Crippen LogP contribution in [0, 0.1) is 0 Å². The molecule has 2 heterocycles. The third-order valence-electron chi connectivity index (χ3n) is 3.35. The lowest BCUT2D eigenvalue weighted by molar-refractivity contribution is -0.126. The molecule has 1 aliphatic rings. The van der Waals surface area contributed by atoms with Crippen molar-refractivity contribution in [3.8, 4) is 0 Å². The van der Waals surface area contributed by atoms with E-state index in [1.807, 2.05) is 13.1 Å². The fourth-order valence-electron chi connectivity index (χ4n) is 2.16. The molecule has 0 unspecified atom stereocenters. The van der Waals surface area contributed by atoms with Gasteiger partial charge in [-0.05, 0) is 38.4 Å². The first kappa shape index (κ1) is 13.2. The molecule has 0 saturated carbocycles. The van der Waals surface area contributed by atoms with Crippen LogP contribution in [0.4, 0.5) is 0 Å². The Labute approximate surface area is 108 Å². The van der Waals surface area contributed by atoms with E-state index in [1.165, 1.54) is 0 Å². The summed E-state index contributed by atoms with van der Waals surface area (Å²) in [6.07, 6.45) is 5.30. The van der Waals surface area contributed by atoms with E-state index in [1.54, 1.807) is 10.9 Å². The summed E-state index contributed by atoms with van der Waals surface area (Å²) in [5.41, 5.74) is 1.09. The van der Waals surface area contributed by atoms with Crippen LogP contribution in [-0.2, 0) is 23.0 Å². The lowest BCUT2D eigenvalue weighted by Crippen LogP contribution is -2.33. The number of ether oxygens (including phenoxy) is 1. The lowest BCUT2D eigenvalue weighted by Gasteiger charge is -2.22. The van der Waals surface area contributed by atoms with Gasteiger partial charge in [-0.3, -0.25) is 9.48 Å². The van der Waals surface area contributed by atoms with Crippen LogP contribution in [0.25, 0.3) is 0 Å². The van der Waals surface area contributed by atoms with Crippen LogP contribution in [0.1, 0.15) is 25.0 Å². The normalized spacial score (nSPS) is 16.9. The quantitative estimate of drug-likeness (QED) is 0.808. The van der Waals surface area contributed by atoms with Crippen LogP contribution >= 0.6 is 0 Å². The monoisotopic (exact) mass is 251 g/mol. The Hall–Kier alpha value is -1.20. The van der Waals surface area contributed by atoms with Gasteiger partial charge in [-0.25, -0.2) is 0 Å². The first-order valence-corrected chi connectivity index (χ1v) is 6.56. The average molecular weight is 251 g/mol. The molecule has 5 heteroatoms. The number of aromatic nitrogens is 2. The maximum absolute atomic E-state index is 11.7. The Morgan fingerprint density at radius 2 is 2.33 bits per heavy atom. The van der Waals surface area contributed by atoms with E-state index in [9.17, 15) is 4.79 Å². The van der Waals surface area contributed by atoms with E-state index < -0.39 is 0 Å². The zero-order valence-electron chi connectivity index (χ0n) is 10.9. The number of nitrogens with one attached hydrogen (secondary N) is 1. The minimum atomic E-state index is 0.176. The van der Waals surface area contributed by atoms with E-state index in [4.69, 9.17) is 4.74 Å². The summed E-state index contributed by atoms with van der Waals surface area (Å²) in [6, 6.07) is 1.95. The number of Topliss-reactive ketones (excluding diaryl/α,β-unsaturated/α-hetero) is 1. The van der Waals surface area contributed by atoms with Gasteiger partial charge >= 0.3 is 0 Å². The molecule has 0 spiro atoms. The van der Waals surface area contributed by atoms with E-state index in [0.717, 1.165) is 38.0 Å². The molecule has 1 fully saturated rings. The Morgan fingerprint density at radius 3 is 3.00 bits per heavy atom. The average Bonchev–Trinajstić information content (AvgIpc) is 2.81. The van der Waals surface area contributed by atoms with Gasteiger partial charge in [0.2, 0.25) is 0 Å². The molecule has 100 valence electrons. The minimum Gasteiger partial charge on any atom is -0.370 e. The Balaban J connectivity index is 1.64. The van der Waals surface area contributed by atoms with Crippen molar-refractivity contribution >= 4 is 5.78 Å². The Bertz CT molecular complexity index is 383. The van der Waals surface area contributed by atoms with Gasteiger partial charge in [0.25, 0.3) is 0 Å². The summed E-state index contributed by atoms with van der Waals surface area (Å²) in [4.78, 5) is 11.7. The van der Waals surface area contributed by atoms with Crippen LogP contribution in [0.3, 0.4) is 0 Å². The second-order valence-electron chi connectivity index (χ2n) is 4.75. The lowest BCUT2D eigenvalue weighted by atomic mass is 10.1. The molecule has 0 atom stereocenters. The summed E-state index contributed by atoms with van der Waals surface area (Å²) in [6.45, 7) is 2.24. The maximum Gasteiger partial charge on any atom is 0.158 e. The highest BCUT2D eigenvalue weighted by atomic mass is 16.5. The molecule has 0 aliphatic carbocycles. The predicted molar refractivity (Wildman–Crippen MR) is 68.4 cm³/mol. The molecule has 1 aliphatic heterocycles. The molecule has 0 aromatic carbocycles. The number of piperidine rings is 1. The molecular formula is C13H21N3O2. The Morgan fingerprint density at radius 1 is 1.56 bits per heavy atom. The van der Waals surface area contributed by atoms with Gasteiger partial charge in [0.15, 0.2) is 5.78 Å². The van der Waals surface area contributed by atoms with Crippen LogP contribution in [0.2, 0.25) is 0 Å². The van der Waals surface area contributed by atoms with Crippen LogP contribution < -0.4 is 5.32 Å². The van der Waals surface area contributed by atoms with Gasteiger partial charge in [-0.15, -0.1) is 0 Å². The van der Waals surface area contributed by atoms with Crippen molar-refractivity contribution in [3.05, 3.63) is 18.0 Å². The number of aryl methyl sites for hydroxylation is 2.